The number of carboxylic acid groups (broad SMARTS) is 1. The number of fused-ring (bicyclic) bond motifs is 1. The minimum absolute atomic E-state index is 0.0551. The molecule has 0 radical (unpaired) electrons. The average molecular weight is 358 g/mol. The summed E-state index contributed by atoms with van der Waals surface area (Å²) in [7, 11) is 0. The number of nitrogens with two attached hydrogens (primary N) is 1. The summed E-state index contributed by atoms with van der Waals surface area (Å²) in [5.41, 5.74) is 8.99. The normalized spacial score (nSPS) is 13.5. The summed E-state index contributed by atoms with van der Waals surface area (Å²) < 4.78 is 0. The van der Waals surface area contributed by atoms with Gasteiger partial charge >= 0.3 is 5.97 Å². The molecule has 0 heterocycles. The van der Waals surface area contributed by atoms with Crippen LogP contribution in [0.15, 0.2) is 48.5 Å². The van der Waals surface area contributed by atoms with Crippen molar-refractivity contribution in [2.24, 2.45) is 5.73 Å². The first kappa shape index (κ1) is 19.4. The smallest absolute Gasteiger partial charge is 0.326 e. The van der Waals surface area contributed by atoms with E-state index in [9.17, 15) is 9.59 Å². The van der Waals surface area contributed by atoms with E-state index in [2.05, 4.69) is 29.6 Å². The summed E-state index contributed by atoms with van der Waals surface area (Å²) in [6, 6.07) is 12.2. The Kier molecular flexibility index (Phi) is 6.71. The highest BCUT2D eigenvalue weighted by atomic mass is 16.4. The monoisotopic (exact) mass is 358 g/mol. The highest BCUT2D eigenvalue weighted by Crippen LogP contribution is 2.25. The van der Waals surface area contributed by atoms with Crippen molar-refractivity contribution < 1.29 is 24.9 Å². The number of benzene rings is 2. The Bertz CT molecular complexity index is 740. The number of carboxylic acids is 1. The molecule has 7 nitrogen and oxygen atoms in total. The zero-order valence-corrected chi connectivity index (χ0v) is 14.1. The molecule has 0 saturated carbocycles. The molecular formula is C19H22N2O5. The van der Waals surface area contributed by atoms with E-state index in [1.165, 1.54) is 29.7 Å². The maximum Gasteiger partial charge on any atom is 0.326 e. The first-order chi connectivity index (χ1) is 12.4. The minimum Gasteiger partial charge on any atom is -0.508 e. The second-order valence-corrected chi connectivity index (χ2v) is 6.00. The van der Waals surface area contributed by atoms with E-state index in [-0.39, 0.29) is 12.2 Å². The number of aliphatic hydroxyl groups is 1. The summed E-state index contributed by atoms with van der Waals surface area (Å²) >= 11 is 0. The number of aliphatic carboxylic acids is 1. The number of aliphatic hydroxyl groups excluding tert-OH is 1. The van der Waals surface area contributed by atoms with Gasteiger partial charge in [0.1, 0.15) is 17.8 Å². The van der Waals surface area contributed by atoms with Crippen LogP contribution in [0.2, 0.25) is 0 Å². The lowest BCUT2D eigenvalue weighted by atomic mass is 10.1. The molecular weight excluding hydrogens is 336 g/mol. The quantitative estimate of drug-likeness (QED) is 0.434. The van der Waals surface area contributed by atoms with E-state index >= 15 is 0 Å². The van der Waals surface area contributed by atoms with Gasteiger partial charge in [0.05, 0.1) is 6.61 Å². The highest BCUT2D eigenvalue weighted by molar-refractivity contribution is 5.87. The van der Waals surface area contributed by atoms with Crippen LogP contribution in [0.1, 0.15) is 16.7 Å². The second kappa shape index (κ2) is 8.98. The van der Waals surface area contributed by atoms with Crippen LogP contribution < -0.4 is 11.1 Å². The van der Waals surface area contributed by atoms with Crippen LogP contribution in [0.5, 0.6) is 5.75 Å². The van der Waals surface area contributed by atoms with Crippen molar-refractivity contribution in [3.05, 3.63) is 65.2 Å². The summed E-state index contributed by atoms with van der Waals surface area (Å²) in [6.07, 6.45) is 1.30. The molecule has 0 aliphatic heterocycles. The lowest BCUT2D eigenvalue weighted by Crippen LogP contribution is -2.50. The second-order valence-electron chi connectivity index (χ2n) is 6.00. The van der Waals surface area contributed by atoms with Crippen molar-refractivity contribution in [1.82, 2.24) is 5.32 Å². The number of carbonyl (C=O) groups is 2. The number of rotatable bonds is 6. The van der Waals surface area contributed by atoms with Crippen molar-refractivity contribution in [2.45, 2.75) is 24.9 Å². The Morgan fingerprint density at radius 2 is 1.65 bits per heavy atom. The third-order valence-electron chi connectivity index (χ3n) is 3.90. The zero-order chi connectivity index (χ0) is 19.1. The fourth-order valence-electron chi connectivity index (χ4n) is 2.27. The number of hydrogen-bond acceptors (Lipinski definition) is 5. The van der Waals surface area contributed by atoms with E-state index in [1.54, 1.807) is 12.1 Å². The van der Waals surface area contributed by atoms with Crippen LogP contribution in [0, 0.1) is 0 Å². The molecule has 3 rings (SSSR count). The van der Waals surface area contributed by atoms with Gasteiger partial charge in [-0.2, -0.15) is 0 Å². The lowest BCUT2D eigenvalue weighted by molar-refractivity contribution is -0.142. The number of hydrogen-bond donors (Lipinski definition) is 5. The molecule has 0 bridgehead atoms. The molecule has 1 unspecified atom stereocenters. The molecule has 1 amide bonds. The van der Waals surface area contributed by atoms with Gasteiger partial charge in [0.15, 0.2) is 0 Å². The van der Waals surface area contributed by atoms with Crippen molar-refractivity contribution in [1.29, 1.82) is 0 Å². The maximum absolute atomic E-state index is 11.4. The van der Waals surface area contributed by atoms with E-state index in [1.807, 2.05) is 0 Å². The summed E-state index contributed by atoms with van der Waals surface area (Å²) in [5.74, 6) is -1.86. The average Bonchev–Trinajstić information content (AvgIpc) is 3.42. The van der Waals surface area contributed by atoms with Gasteiger partial charge in [0.25, 0.3) is 0 Å². The zero-order valence-electron chi connectivity index (χ0n) is 14.1. The fourth-order valence-corrected chi connectivity index (χ4v) is 2.27. The van der Waals surface area contributed by atoms with Gasteiger partial charge in [-0.3, -0.25) is 4.79 Å². The van der Waals surface area contributed by atoms with Gasteiger partial charge in [-0.1, -0.05) is 36.4 Å². The number of carbonyl (C=O) groups excluding carboxylic acids is 1. The molecule has 7 heteroatoms. The number of phenolic OH excluding ortho intramolecular Hbond substituents is 1. The Morgan fingerprint density at radius 1 is 1.08 bits per heavy atom. The Balaban J connectivity index is 0.000000282. The predicted octanol–water partition coefficient (Wildman–Crippen LogP) is 0.415. The van der Waals surface area contributed by atoms with Crippen LogP contribution in [-0.4, -0.2) is 45.9 Å². The van der Waals surface area contributed by atoms with Crippen molar-refractivity contribution in [3.8, 4) is 5.75 Å². The van der Waals surface area contributed by atoms with Crippen molar-refractivity contribution in [2.75, 3.05) is 6.61 Å². The van der Waals surface area contributed by atoms with Crippen LogP contribution in [0.25, 0.3) is 0 Å². The maximum atomic E-state index is 11.4. The van der Waals surface area contributed by atoms with E-state index in [0.29, 0.717) is 5.56 Å². The molecule has 1 aliphatic rings. The summed E-state index contributed by atoms with van der Waals surface area (Å²) in [4.78, 5) is 22.5. The SMILES string of the molecule is NC(CO)C(=O)N[C@@H](Cc1ccc(O)cc1)C(=O)O.c1ccc2c(c1)C2. The summed E-state index contributed by atoms with van der Waals surface area (Å²) in [6.45, 7) is -0.558. The standard InChI is InChI=1S/C12H16N2O5.C7H6/c13-9(6-15)11(17)14-10(12(18)19)5-7-1-3-8(16)4-2-7;1-2-4-7-5-6(7)3-1/h1-4,9-10,15-16H,5-6,13H2,(H,14,17)(H,18,19);1-4H,5H2/t9?,10-;/m0./s1. The minimum atomic E-state index is -1.20. The predicted molar refractivity (Wildman–Crippen MR) is 95.7 cm³/mol. The van der Waals surface area contributed by atoms with Crippen LogP contribution in [-0.2, 0) is 22.4 Å². The molecule has 6 N–H and O–H groups in total. The van der Waals surface area contributed by atoms with Gasteiger partial charge in [0.2, 0.25) is 5.91 Å². The fraction of sp³-hybridized carbons (Fsp3) is 0.263. The van der Waals surface area contributed by atoms with Gasteiger partial charge in [0, 0.05) is 6.42 Å². The van der Waals surface area contributed by atoms with Crippen LogP contribution in [0.4, 0.5) is 0 Å². The lowest BCUT2D eigenvalue weighted by Gasteiger charge is -2.16. The van der Waals surface area contributed by atoms with Gasteiger partial charge in [-0.15, -0.1) is 0 Å². The molecule has 0 fully saturated rings. The van der Waals surface area contributed by atoms with Crippen LogP contribution in [0.3, 0.4) is 0 Å². The molecule has 0 aromatic heterocycles. The first-order valence-electron chi connectivity index (χ1n) is 8.15. The molecule has 2 atom stereocenters. The molecule has 0 saturated heterocycles. The molecule has 0 spiro atoms. The van der Waals surface area contributed by atoms with Gasteiger partial charge in [-0.25, -0.2) is 4.79 Å². The van der Waals surface area contributed by atoms with Crippen molar-refractivity contribution >= 4 is 11.9 Å². The first-order valence-corrected chi connectivity index (χ1v) is 8.15. The van der Waals surface area contributed by atoms with Crippen molar-refractivity contribution in [3.63, 3.8) is 0 Å². The van der Waals surface area contributed by atoms with E-state index < -0.39 is 30.6 Å². The molecule has 2 aromatic rings. The van der Waals surface area contributed by atoms with E-state index in [0.717, 1.165) is 0 Å². The number of phenols is 1. The van der Waals surface area contributed by atoms with Crippen LogP contribution >= 0.6 is 0 Å². The highest BCUT2D eigenvalue weighted by Gasteiger charge is 2.23. The van der Waals surface area contributed by atoms with Gasteiger partial charge in [-0.05, 0) is 35.2 Å². The molecule has 138 valence electrons. The third-order valence-corrected chi connectivity index (χ3v) is 3.90. The number of aromatic hydroxyl groups is 1. The molecule has 1 aliphatic carbocycles. The summed E-state index contributed by atoms with van der Waals surface area (Å²) in [5, 5.41) is 29.1. The largest absolute Gasteiger partial charge is 0.508 e. The topological polar surface area (TPSA) is 133 Å². The Morgan fingerprint density at radius 3 is 2.12 bits per heavy atom. The third kappa shape index (κ3) is 5.87. The number of amides is 1. The molecule has 26 heavy (non-hydrogen) atoms. The Labute approximate surface area is 151 Å². The molecule has 2 aromatic carbocycles. The van der Waals surface area contributed by atoms with Gasteiger partial charge < -0.3 is 26.4 Å². The van der Waals surface area contributed by atoms with E-state index in [4.69, 9.17) is 21.1 Å². The Hall–Kier alpha value is -2.90. The number of nitrogens with one attached hydrogen (secondary N) is 1.